The molecule has 1 fully saturated rings. The van der Waals surface area contributed by atoms with Crippen LogP contribution in [0, 0.1) is 10.1 Å². The van der Waals surface area contributed by atoms with E-state index in [1.165, 1.54) is 6.07 Å². The zero-order valence-corrected chi connectivity index (χ0v) is 17.6. The van der Waals surface area contributed by atoms with E-state index >= 15 is 0 Å². The van der Waals surface area contributed by atoms with Crippen molar-refractivity contribution in [2.45, 2.75) is 12.5 Å². The molecule has 9 heteroatoms. The molecule has 166 valence electrons. The molecule has 0 aromatic heterocycles. The first-order valence-corrected chi connectivity index (χ1v) is 10.3. The number of anilines is 1. The minimum atomic E-state index is -0.440. The van der Waals surface area contributed by atoms with Crippen molar-refractivity contribution in [1.29, 1.82) is 0 Å². The van der Waals surface area contributed by atoms with E-state index in [4.69, 9.17) is 9.47 Å². The van der Waals surface area contributed by atoms with E-state index in [0.29, 0.717) is 32.0 Å². The fourth-order valence-electron chi connectivity index (χ4n) is 3.56. The molecule has 31 heavy (non-hydrogen) atoms. The molecule has 2 aromatic carbocycles. The third-order valence-electron chi connectivity index (χ3n) is 5.25. The van der Waals surface area contributed by atoms with Crippen LogP contribution < -0.4 is 15.4 Å². The molecule has 0 bridgehead atoms. The lowest BCUT2D eigenvalue weighted by atomic mass is 10.0. The number of ether oxygens (including phenoxy) is 2. The summed E-state index contributed by atoms with van der Waals surface area (Å²) in [6, 6.07) is 14.3. The summed E-state index contributed by atoms with van der Waals surface area (Å²) in [5, 5.41) is 17.1. The van der Waals surface area contributed by atoms with Crippen molar-refractivity contribution in [2.75, 3.05) is 51.8 Å². The van der Waals surface area contributed by atoms with Gasteiger partial charge in [-0.25, -0.2) is 0 Å². The number of carbonyl (C=O) groups is 1. The van der Waals surface area contributed by atoms with Crippen molar-refractivity contribution < 1.29 is 19.2 Å². The summed E-state index contributed by atoms with van der Waals surface area (Å²) >= 11 is 0. The van der Waals surface area contributed by atoms with Gasteiger partial charge in [-0.05, 0) is 23.8 Å². The molecule has 2 aromatic rings. The second-order valence-electron chi connectivity index (χ2n) is 7.19. The smallest absolute Gasteiger partial charge is 0.292 e. The molecule has 0 radical (unpaired) electrons. The lowest BCUT2D eigenvalue weighted by Crippen LogP contribution is -2.44. The number of nitro benzene ring substituents is 1. The maximum atomic E-state index is 12.4. The third kappa shape index (κ3) is 6.40. The van der Waals surface area contributed by atoms with E-state index in [1.807, 2.05) is 24.3 Å². The maximum absolute atomic E-state index is 12.4. The SMILES string of the molecule is COc1ccc(C(CNC(=O)CCNc2ccccc2[N+](=O)[O-])N2CCOCC2)cc1. The Morgan fingerprint density at radius 3 is 2.58 bits per heavy atom. The fraction of sp³-hybridized carbons (Fsp3) is 0.409. The van der Waals surface area contributed by atoms with Crippen LogP contribution in [0.15, 0.2) is 48.5 Å². The molecule has 0 aliphatic carbocycles. The molecule has 1 atom stereocenters. The van der Waals surface area contributed by atoms with Gasteiger partial charge < -0.3 is 20.1 Å². The summed E-state index contributed by atoms with van der Waals surface area (Å²) < 4.78 is 10.7. The zero-order chi connectivity index (χ0) is 22.1. The molecule has 1 saturated heterocycles. The summed E-state index contributed by atoms with van der Waals surface area (Å²) in [4.78, 5) is 25.4. The van der Waals surface area contributed by atoms with Crippen molar-refractivity contribution >= 4 is 17.3 Å². The normalized spacial score (nSPS) is 15.1. The minimum Gasteiger partial charge on any atom is -0.497 e. The van der Waals surface area contributed by atoms with E-state index in [2.05, 4.69) is 15.5 Å². The first-order valence-electron chi connectivity index (χ1n) is 10.3. The molecule has 3 rings (SSSR count). The average molecular weight is 428 g/mol. The summed E-state index contributed by atoms with van der Waals surface area (Å²) in [7, 11) is 1.63. The van der Waals surface area contributed by atoms with Gasteiger partial charge in [0.2, 0.25) is 5.91 Å². The van der Waals surface area contributed by atoms with Crippen LogP contribution in [-0.4, -0.2) is 62.2 Å². The van der Waals surface area contributed by atoms with E-state index in [9.17, 15) is 14.9 Å². The van der Waals surface area contributed by atoms with Crippen molar-refractivity contribution in [3.05, 3.63) is 64.2 Å². The first kappa shape index (κ1) is 22.5. The Kier molecular flexibility index (Phi) is 8.19. The molecule has 1 aliphatic heterocycles. The summed E-state index contributed by atoms with van der Waals surface area (Å²) in [5.74, 6) is 0.674. The Hall–Kier alpha value is -3.17. The standard InChI is InChI=1S/C22H28N4O5/c1-30-18-8-6-17(7-9-18)21(25-12-14-31-15-13-25)16-24-22(27)10-11-23-19-4-2-3-5-20(19)26(28)29/h2-9,21,23H,10-16H2,1H3,(H,24,27). The second-order valence-corrected chi connectivity index (χ2v) is 7.19. The van der Waals surface area contributed by atoms with E-state index in [1.54, 1.807) is 25.3 Å². The molecule has 9 nitrogen and oxygen atoms in total. The Bertz CT molecular complexity index is 868. The Labute approximate surface area is 181 Å². The lowest BCUT2D eigenvalue weighted by molar-refractivity contribution is -0.384. The predicted octanol–water partition coefficient (Wildman–Crippen LogP) is 2.60. The van der Waals surface area contributed by atoms with Crippen LogP contribution in [-0.2, 0) is 9.53 Å². The number of benzene rings is 2. The Morgan fingerprint density at radius 1 is 1.19 bits per heavy atom. The Balaban J connectivity index is 1.55. The van der Waals surface area contributed by atoms with Crippen LogP contribution in [0.5, 0.6) is 5.75 Å². The lowest BCUT2D eigenvalue weighted by Gasteiger charge is -2.35. The average Bonchev–Trinajstić information content (AvgIpc) is 2.80. The fourth-order valence-corrected chi connectivity index (χ4v) is 3.56. The predicted molar refractivity (Wildman–Crippen MR) is 117 cm³/mol. The van der Waals surface area contributed by atoms with Crippen molar-refractivity contribution in [1.82, 2.24) is 10.2 Å². The van der Waals surface area contributed by atoms with Gasteiger partial charge in [0.1, 0.15) is 11.4 Å². The van der Waals surface area contributed by atoms with Crippen LogP contribution in [0.4, 0.5) is 11.4 Å². The third-order valence-corrected chi connectivity index (χ3v) is 5.25. The molecule has 1 amide bonds. The highest BCUT2D eigenvalue weighted by Gasteiger charge is 2.23. The van der Waals surface area contributed by atoms with E-state index < -0.39 is 4.92 Å². The first-order chi connectivity index (χ1) is 15.1. The number of amides is 1. The number of nitro groups is 1. The van der Waals surface area contributed by atoms with E-state index in [-0.39, 0.29) is 24.1 Å². The zero-order valence-electron chi connectivity index (χ0n) is 17.6. The molecular weight excluding hydrogens is 400 g/mol. The number of rotatable bonds is 10. The van der Waals surface area contributed by atoms with Crippen LogP contribution >= 0.6 is 0 Å². The van der Waals surface area contributed by atoms with Gasteiger partial charge in [-0.2, -0.15) is 0 Å². The Morgan fingerprint density at radius 2 is 1.90 bits per heavy atom. The molecule has 1 heterocycles. The number of hydrogen-bond acceptors (Lipinski definition) is 7. The monoisotopic (exact) mass is 428 g/mol. The largest absolute Gasteiger partial charge is 0.497 e. The topological polar surface area (TPSA) is 106 Å². The number of carbonyl (C=O) groups excluding carboxylic acids is 1. The van der Waals surface area contributed by atoms with Crippen molar-refractivity contribution in [3.63, 3.8) is 0 Å². The van der Waals surface area contributed by atoms with Gasteiger partial charge in [-0.15, -0.1) is 0 Å². The minimum absolute atomic E-state index is 0.00482. The quantitative estimate of drug-likeness (QED) is 0.443. The maximum Gasteiger partial charge on any atom is 0.292 e. The highest BCUT2D eigenvalue weighted by atomic mass is 16.6. The number of para-hydroxylation sites is 2. The summed E-state index contributed by atoms with van der Waals surface area (Å²) in [6.45, 7) is 3.70. The van der Waals surface area contributed by atoms with Crippen LogP contribution in [0.25, 0.3) is 0 Å². The molecule has 0 saturated carbocycles. The van der Waals surface area contributed by atoms with Crippen molar-refractivity contribution in [3.8, 4) is 5.75 Å². The van der Waals surface area contributed by atoms with Crippen molar-refractivity contribution in [2.24, 2.45) is 0 Å². The van der Waals surface area contributed by atoms with Gasteiger partial charge >= 0.3 is 0 Å². The number of hydrogen-bond donors (Lipinski definition) is 2. The van der Waals surface area contributed by atoms with Gasteiger partial charge in [0.15, 0.2) is 0 Å². The van der Waals surface area contributed by atoms with Gasteiger partial charge in [-0.1, -0.05) is 24.3 Å². The number of nitrogens with zero attached hydrogens (tertiary/aromatic N) is 2. The molecule has 1 aliphatic rings. The van der Waals surface area contributed by atoms with Crippen LogP contribution in [0.3, 0.4) is 0 Å². The van der Waals surface area contributed by atoms with Gasteiger partial charge in [0.25, 0.3) is 5.69 Å². The van der Waals surface area contributed by atoms with Crippen LogP contribution in [0.1, 0.15) is 18.0 Å². The molecular formula is C22H28N4O5. The van der Waals surface area contributed by atoms with Gasteiger partial charge in [-0.3, -0.25) is 19.8 Å². The molecule has 2 N–H and O–H groups in total. The number of morpholine rings is 1. The van der Waals surface area contributed by atoms with Gasteiger partial charge in [0.05, 0.1) is 31.3 Å². The van der Waals surface area contributed by atoms with Crippen LogP contribution in [0.2, 0.25) is 0 Å². The van der Waals surface area contributed by atoms with E-state index in [0.717, 1.165) is 24.4 Å². The highest BCUT2D eigenvalue weighted by Crippen LogP contribution is 2.24. The molecule has 1 unspecified atom stereocenters. The summed E-state index contributed by atoms with van der Waals surface area (Å²) in [5.41, 5.74) is 1.50. The second kappa shape index (κ2) is 11.3. The van der Waals surface area contributed by atoms with Gasteiger partial charge in [0, 0.05) is 38.7 Å². The number of methoxy groups -OCH3 is 1. The molecule has 0 spiro atoms. The number of nitrogens with one attached hydrogen (secondary N) is 2. The summed E-state index contributed by atoms with van der Waals surface area (Å²) in [6.07, 6.45) is 0.213. The highest BCUT2D eigenvalue weighted by molar-refractivity contribution is 5.76.